The molecule has 0 aliphatic heterocycles. The lowest BCUT2D eigenvalue weighted by molar-refractivity contribution is 0.211. The van der Waals surface area contributed by atoms with Crippen molar-refractivity contribution in [3.8, 4) is 0 Å². The predicted molar refractivity (Wildman–Crippen MR) is 82.1 cm³/mol. The zero-order valence-corrected chi connectivity index (χ0v) is 12.9. The molecule has 1 N–H and O–H groups in total. The molecule has 0 amide bonds. The summed E-state index contributed by atoms with van der Waals surface area (Å²) in [4.78, 5) is 7.05. The fourth-order valence-corrected chi connectivity index (χ4v) is 2.08. The SMILES string of the molecule is CCCNCc1ccc(CN(CCC)C(C)C)nc1. The minimum Gasteiger partial charge on any atom is -0.313 e. The monoisotopic (exact) mass is 263 g/mol. The molecule has 0 unspecified atom stereocenters. The molecule has 3 heteroatoms. The molecular weight excluding hydrogens is 234 g/mol. The Bertz CT molecular complexity index is 332. The van der Waals surface area contributed by atoms with E-state index in [1.807, 2.05) is 6.20 Å². The van der Waals surface area contributed by atoms with Crippen LogP contribution >= 0.6 is 0 Å². The normalized spacial score (nSPS) is 11.5. The van der Waals surface area contributed by atoms with Gasteiger partial charge in [0.15, 0.2) is 0 Å². The van der Waals surface area contributed by atoms with Gasteiger partial charge >= 0.3 is 0 Å². The topological polar surface area (TPSA) is 28.2 Å². The van der Waals surface area contributed by atoms with Crippen molar-refractivity contribution in [2.45, 2.75) is 59.7 Å². The Hall–Kier alpha value is -0.930. The number of hydrogen-bond acceptors (Lipinski definition) is 3. The minimum absolute atomic E-state index is 0.577. The zero-order valence-electron chi connectivity index (χ0n) is 12.9. The third kappa shape index (κ3) is 6.17. The second-order valence-corrected chi connectivity index (χ2v) is 5.40. The lowest BCUT2D eigenvalue weighted by atomic mass is 10.2. The van der Waals surface area contributed by atoms with Crippen LogP contribution in [0.4, 0.5) is 0 Å². The highest BCUT2D eigenvalue weighted by molar-refractivity contribution is 5.14. The van der Waals surface area contributed by atoms with E-state index in [0.717, 1.165) is 26.2 Å². The molecule has 1 aromatic heterocycles. The van der Waals surface area contributed by atoms with Crippen molar-refractivity contribution in [3.05, 3.63) is 29.6 Å². The molecule has 0 saturated carbocycles. The maximum Gasteiger partial charge on any atom is 0.0544 e. The summed E-state index contributed by atoms with van der Waals surface area (Å²) >= 11 is 0. The van der Waals surface area contributed by atoms with Crippen molar-refractivity contribution < 1.29 is 0 Å². The number of nitrogens with one attached hydrogen (secondary N) is 1. The Balaban J connectivity index is 2.50. The summed E-state index contributed by atoms with van der Waals surface area (Å²) < 4.78 is 0. The third-order valence-corrected chi connectivity index (χ3v) is 3.25. The van der Waals surface area contributed by atoms with Gasteiger partial charge in [-0.3, -0.25) is 9.88 Å². The number of rotatable bonds is 9. The zero-order chi connectivity index (χ0) is 14.1. The van der Waals surface area contributed by atoms with Crippen LogP contribution in [0.3, 0.4) is 0 Å². The Morgan fingerprint density at radius 1 is 1.21 bits per heavy atom. The molecule has 1 heterocycles. The van der Waals surface area contributed by atoms with Crippen LogP contribution < -0.4 is 5.32 Å². The fourth-order valence-electron chi connectivity index (χ4n) is 2.08. The van der Waals surface area contributed by atoms with Gasteiger partial charge in [-0.05, 0) is 51.4 Å². The van der Waals surface area contributed by atoms with Crippen LogP contribution in [-0.2, 0) is 13.1 Å². The van der Waals surface area contributed by atoms with E-state index >= 15 is 0 Å². The quantitative estimate of drug-likeness (QED) is 0.693. The molecule has 0 spiro atoms. The van der Waals surface area contributed by atoms with Gasteiger partial charge in [0, 0.05) is 25.3 Å². The molecule has 0 radical (unpaired) electrons. The van der Waals surface area contributed by atoms with E-state index in [2.05, 4.69) is 55.0 Å². The summed E-state index contributed by atoms with van der Waals surface area (Å²) in [5, 5.41) is 3.40. The minimum atomic E-state index is 0.577. The van der Waals surface area contributed by atoms with Crippen LogP contribution in [0.15, 0.2) is 18.3 Å². The van der Waals surface area contributed by atoms with Crippen molar-refractivity contribution in [2.75, 3.05) is 13.1 Å². The maximum absolute atomic E-state index is 4.58. The van der Waals surface area contributed by atoms with Gasteiger partial charge in [0.25, 0.3) is 0 Å². The van der Waals surface area contributed by atoms with Crippen molar-refractivity contribution in [1.82, 2.24) is 15.2 Å². The molecule has 3 nitrogen and oxygen atoms in total. The van der Waals surface area contributed by atoms with E-state index in [1.54, 1.807) is 0 Å². The first-order valence-electron chi connectivity index (χ1n) is 7.55. The van der Waals surface area contributed by atoms with Gasteiger partial charge in [-0.1, -0.05) is 19.9 Å². The van der Waals surface area contributed by atoms with Gasteiger partial charge in [-0.15, -0.1) is 0 Å². The molecule has 108 valence electrons. The van der Waals surface area contributed by atoms with Crippen molar-refractivity contribution in [2.24, 2.45) is 0 Å². The van der Waals surface area contributed by atoms with Crippen LogP contribution in [0, 0.1) is 0 Å². The number of pyridine rings is 1. The second-order valence-electron chi connectivity index (χ2n) is 5.40. The lowest BCUT2D eigenvalue weighted by Gasteiger charge is -2.25. The highest BCUT2D eigenvalue weighted by Crippen LogP contribution is 2.08. The Labute approximate surface area is 118 Å². The fraction of sp³-hybridized carbons (Fsp3) is 0.688. The smallest absolute Gasteiger partial charge is 0.0544 e. The van der Waals surface area contributed by atoms with Crippen LogP contribution in [0.5, 0.6) is 0 Å². The first-order chi connectivity index (χ1) is 9.17. The van der Waals surface area contributed by atoms with Crippen LogP contribution in [-0.4, -0.2) is 29.0 Å². The highest BCUT2D eigenvalue weighted by Gasteiger charge is 2.09. The molecule has 0 atom stereocenters. The Morgan fingerprint density at radius 2 is 2.00 bits per heavy atom. The van der Waals surface area contributed by atoms with Gasteiger partial charge in [-0.2, -0.15) is 0 Å². The molecule has 19 heavy (non-hydrogen) atoms. The van der Waals surface area contributed by atoms with E-state index in [-0.39, 0.29) is 0 Å². The largest absolute Gasteiger partial charge is 0.313 e. The first kappa shape index (κ1) is 16.1. The second kappa shape index (κ2) is 9.05. The van der Waals surface area contributed by atoms with Gasteiger partial charge in [0.05, 0.1) is 5.69 Å². The molecule has 0 aliphatic rings. The standard InChI is InChI=1S/C16H29N3/c1-5-9-17-11-15-7-8-16(18-12-15)13-19(10-6-2)14(3)4/h7-8,12,14,17H,5-6,9-11,13H2,1-4H3. The van der Waals surface area contributed by atoms with Gasteiger partial charge in [-0.25, -0.2) is 0 Å². The summed E-state index contributed by atoms with van der Waals surface area (Å²) in [5.74, 6) is 0. The average molecular weight is 263 g/mol. The van der Waals surface area contributed by atoms with Crippen LogP contribution in [0.2, 0.25) is 0 Å². The first-order valence-corrected chi connectivity index (χ1v) is 7.55. The van der Waals surface area contributed by atoms with Gasteiger partial charge < -0.3 is 5.32 Å². The predicted octanol–water partition coefficient (Wildman–Crippen LogP) is 3.20. The number of hydrogen-bond donors (Lipinski definition) is 1. The third-order valence-electron chi connectivity index (χ3n) is 3.25. The Kier molecular flexibility index (Phi) is 7.68. The molecular formula is C16H29N3. The number of nitrogens with zero attached hydrogens (tertiary/aromatic N) is 2. The molecule has 0 saturated heterocycles. The molecule has 1 aromatic rings. The van der Waals surface area contributed by atoms with Gasteiger partial charge in [0.1, 0.15) is 0 Å². The van der Waals surface area contributed by atoms with Crippen molar-refractivity contribution >= 4 is 0 Å². The molecule has 0 bridgehead atoms. The van der Waals surface area contributed by atoms with Crippen LogP contribution in [0.25, 0.3) is 0 Å². The molecule has 0 fully saturated rings. The highest BCUT2D eigenvalue weighted by atomic mass is 15.1. The molecule has 0 aliphatic carbocycles. The lowest BCUT2D eigenvalue weighted by Crippen LogP contribution is -2.31. The summed E-state index contributed by atoms with van der Waals surface area (Å²) in [6.07, 6.45) is 4.37. The van der Waals surface area contributed by atoms with E-state index < -0.39 is 0 Å². The average Bonchev–Trinajstić information content (AvgIpc) is 2.40. The van der Waals surface area contributed by atoms with E-state index in [9.17, 15) is 0 Å². The summed E-state index contributed by atoms with van der Waals surface area (Å²) in [5.41, 5.74) is 2.44. The van der Waals surface area contributed by atoms with Gasteiger partial charge in [0.2, 0.25) is 0 Å². The summed E-state index contributed by atoms with van der Waals surface area (Å²) in [6, 6.07) is 4.93. The van der Waals surface area contributed by atoms with Crippen molar-refractivity contribution in [1.29, 1.82) is 0 Å². The van der Waals surface area contributed by atoms with Crippen LogP contribution in [0.1, 0.15) is 51.8 Å². The Morgan fingerprint density at radius 3 is 2.53 bits per heavy atom. The van der Waals surface area contributed by atoms with E-state index in [1.165, 1.54) is 24.1 Å². The summed E-state index contributed by atoms with van der Waals surface area (Å²) in [6.45, 7) is 13.0. The molecule has 1 rings (SSSR count). The van der Waals surface area contributed by atoms with Crippen molar-refractivity contribution in [3.63, 3.8) is 0 Å². The maximum atomic E-state index is 4.58. The number of aromatic nitrogens is 1. The van der Waals surface area contributed by atoms with E-state index in [4.69, 9.17) is 0 Å². The van der Waals surface area contributed by atoms with E-state index in [0.29, 0.717) is 6.04 Å². The summed E-state index contributed by atoms with van der Waals surface area (Å²) in [7, 11) is 0. The molecule has 0 aromatic carbocycles.